The average molecular weight is 300 g/mol. The highest BCUT2D eigenvalue weighted by atomic mass is 16.5. The van der Waals surface area contributed by atoms with Gasteiger partial charge in [-0.2, -0.15) is 0 Å². The van der Waals surface area contributed by atoms with E-state index < -0.39 is 5.97 Å². The summed E-state index contributed by atoms with van der Waals surface area (Å²) in [6, 6.07) is 12.1. The van der Waals surface area contributed by atoms with Gasteiger partial charge < -0.3 is 14.6 Å². The lowest BCUT2D eigenvalue weighted by Crippen LogP contribution is -2.15. The van der Waals surface area contributed by atoms with Crippen LogP contribution in [0.2, 0.25) is 0 Å². The summed E-state index contributed by atoms with van der Waals surface area (Å²) < 4.78 is 10.5. The minimum Gasteiger partial charge on any atom is -0.504 e. The number of phenolic OH excluding ortho intramolecular Hbond substituents is 1. The first-order chi connectivity index (χ1) is 10.3. The van der Waals surface area contributed by atoms with Crippen molar-refractivity contribution in [3.8, 4) is 17.2 Å². The normalized spacial score (nSPS) is 11.1. The number of rotatable bonds is 3. The zero-order valence-electron chi connectivity index (χ0n) is 13.2. The highest BCUT2D eigenvalue weighted by Gasteiger charge is 2.25. The summed E-state index contributed by atoms with van der Waals surface area (Å²) in [5.41, 5.74) is 0.636. The van der Waals surface area contributed by atoms with Crippen molar-refractivity contribution in [1.29, 1.82) is 0 Å². The highest BCUT2D eigenvalue weighted by molar-refractivity contribution is 5.95. The fraction of sp³-hybridized carbons (Fsp3) is 0.278. The summed E-state index contributed by atoms with van der Waals surface area (Å²) in [4.78, 5) is 12.3. The van der Waals surface area contributed by atoms with Crippen LogP contribution in [-0.2, 0) is 5.41 Å². The first kappa shape index (κ1) is 15.9. The minimum atomic E-state index is -0.571. The van der Waals surface area contributed by atoms with Crippen molar-refractivity contribution in [3.05, 3.63) is 53.6 Å². The van der Waals surface area contributed by atoms with Crippen molar-refractivity contribution in [2.24, 2.45) is 0 Å². The minimum absolute atomic E-state index is 0.0301. The van der Waals surface area contributed by atoms with Gasteiger partial charge in [-0.3, -0.25) is 0 Å². The van der Waals surface area contributed by atoms with E-state index >= 15 is 0 Å². The molecule has 2 rings (SSSR count). The lowest BCUT2D eigenvalue weighted by atomic mass is 9.85. The number of aromatic hydroxyl groups is 1. The molecule has 2 aromatic carbocycles. The summed E-state index contributed by atoms with van der Waals surface area (Å²) in [5.74, 6) is -0.0291. The molecule has 0 heterocycles. The quantitative estimate of drug-likeness (QED) is 0.689. The maximum atomic E-state index is 12.3. The van der Waals surface area contributed by atoms with Gasteiger partial charge in [0, 0.05) is 5.56 Å². The van der Waals surface area contributed by atoms with Gasteiger partial charge in [0.2, 0.25) is 0 Å². The monoisotopic (exact) mass is 300 g/mol. The standard InChI is InChI=1S/C18H20O4/c1-18(2,3)14-11-10-13(16(21-4)15(14)19)17(20)22-12-8-6-5-7-9-12/h5-11,19H,1-4H3. The van der Waals surface area contributed by atoms with Crippen LogP contribution >= 0.6 is 0 Å². The molecular weight excluding hydrogens is 280 g/mol. The van der Waals surface area contributed by atoms with Gasteiger partial charge in [-0.15, -0.1) is 0 Å². The van der Waals surface area contributed by atoms with E-state index in [0.29, 0.717) is 11.3 Å². The van der Waals surface area contributed by atoms with E-state index in [0.717, 1.165) is 0 Å². The highest BCUT2D eigenvalue weighted by Crippen LogP contribution is 2.40. The number of carbonyl (C=O) groups excluding carboxylic acids is 1. The lowest BCUT2D eigenvalue weighted by molar-refractivity contribution is 0.0730. The number of benzene rings is 2. The SMILES string of the molecule is COc1c(C(=O)Oc2ccccc2)ccc(C(C)(C)C)c1O. The van der Waals surface area contributed by atoms with Gasteiger partial charge >= 0.3 is 5.97 Å². The predicted octanol–water partition coefficient (Wildman–Crippen LogP) is 3.92. The molecular formula is C18H20O4. The number of carbonyl (C=O) groups is 1. The molecule has 0 aliphatic carbocycles. The fourth-order valence-corrected chi connectivity index (χ4v) is 2.19. The first-order valence-corrected chi connectivity index (χ1v) is 7.02. The largest absolute Gasteiger partial charge is 0.504 e. The second-order valence-electron chi connectivity index (χ2n) is 6.00. The first-order valence-electron chi connectivity index (χ1n) is 7.02. The molecule has 0 amide bonds. The molecule has 0 radical (unpaired) electrons. The van der Waals surface area contributed by atoms with E-state index in [1.54, 1.807) is 36.4 Å². The third-order valence-corrected chi connectivity index (χ3v) is 3.32. The molecule has 0 fully saturated rings. The Balaban J connectivity index is 2.39. The summed E-state index contributed by atoms with van der Waals surface area (Å²) in [6.45, 7) is 5.93. The van der Waals surface area contributed by atoms with Crippen LogP contribution in [0.15, 0.2) is 42.5 Å². The van der Waals surface area contributed by atoms with Gasteiger partial charge in [0.25, 0.3) is 0 Å². The average Bonchev–Trinajstić information content (AvgIpc) is 2.46. The Bertz CT molecular complexity index is 669. The molecule has 0 saturated heterocycles. The predicted molar refractivity (Wildman–Crippen MR) is 84.8 cm³/mol. The van der Waals surface area contributed by atoms with Crippen molar-refractivity contribution in [2.75, 3.05) is 7.11 Å². The molecule has 0 aromatic heterocycles. The maximum absolute atomic E-state index is 12.3. The van der Waals surface area contributed by atoms with Crippen LogP contribution in [0.5, 0.6) is 17.2 Å². The topological polar surface area (TPSA) is 55.8 Å². The second-order valence-corrected chi connectivity index (χ2v) is 6.00. The number of esters is 1. The Labute approximate surface area is 130 Å². The Kier molecular flexibility index (Phi) is 4.40. The molecule has 116 valence electrons. The van der Waals surface area contributed by atoms with Gasteiger partial charge in [0.15, 0.2) is 11.5 Å². The lowest BCUT2D eigenvalue weighted by Gasteiger charge is -2.22. The van der Waals surface area contributed by atoms with Gasteiger partial charge in [-0.25, -0.2) is 4.79 Å². The smallest absolute Gasteiger partial charge is 0.347 e. The third kappa shape index (κ3) is 3.22. The molecule has 4 nitrogen and oxygen atoms in total. The van der Waals surface area contributed by atoms with Crippen LogP contribution in [0.4, 0.5) is 0 Å². The van der Waals surface area contributed by atoms with Gasteiger partial charge in [-0.05, 0) is 23.6 Å². The number of hydrogen-bond donors (Lipinski definition) is 1. The zero-order chi connectivity index (χ0) is 16.3. The van der Waals surface area contributed by atoms with Crippen molar-refractivity contribution >= 4 is 5.97 Å². The summed E-state index contributed by atoms with van der Waals surface area (Å²) in [5, 5.41) is 10.4. The van der Waals surface area contributed by atoms with Crippen LogP contribution in [0.25, 0.3) is 0 Å². The molecule has 0 saturated carbocycles. The van der Waals surface area contributed by atoms with Gasteiger partial charge in [-0.1, -0.05) is 45.0 Å². The number of para-hydroxylation sites is 1. The third-order valence-electron chi connectivity index (χ3n) is 3.32. The molecule has 0 atom stereocenters. The molecule has 0 unspecified atom stereocenters. The number of ether oxygens (including phenoxy) is 2. The van der Waals surface area contributed by atoms with Crippen molar-refractivity contribution < 1.29 is 19.4 Å². The Morgan fingerprint density at radius 1 is 1.05 bits per heavy atom. The van der Waals surface area contributed by atoms with Crippen LogP contribution in [-0.4, -0.2) is 18.2 Å². The van der Waals surface area contributed by atoms with E-state index in [2.05, 4.69) is 0 Å². The van der Waals surface area contributed by atoms with Crippen molar-refractivity contribution in [2.45, 2.75) is 26.2 Å². The molecule has 1 N–H and O–H groups in total. The second kappa shape index (κ2) is 6.10. The summed E-state index contributed by atoms with van der Waals surface area (Å²) >= 11 is 0. The molecule has 0 bridgehead atoms. The van der Waals surface area contributed by atoms with Gasteiger partial charge in [0.05, 0.1) is 7.11 Å². The number of methoxy groups -OCH3 is 1. The van der Waals surface area contributed by atoms with Crippen LogP contribution in [0.1, 0.15) is 36.7 Å². The summed E-state index contributed by atoms with van der Waals surface area (Å²) in [6.07, 6.45) is 0. The molecule has 0 spiro atoms. The molecule has 0 aliphatic heterocycles. The van der Waals surface area contributed by atoms with E-state index in [9.17, 15) is 9.90 Å². The van der Waals surface area contributed by atoms with Crippen molar-refractivity contribution in [3.63, 3.8) is 0 Å². The Morgan fingerprint density at radius 3 is 2.23 bits per heavy atom. The van der Waals surface area contributed by atoms with E-state index in [1.165, 1.54) is 7.11 Å². The molecule has 4 heteroatoms. The van der Waals surface area contributed by atoms with E-state index in [1.807, 2.05) is 26.8 Å². The maximum Gasteiger partial charge on any atom is 0.347 e. The van der Waals surface area contributed by atoms with Gasteiger partial charge in [0.1, 0.15) is 11.3 Å². The molecule has 0 aliphatic rings. The fourth-order valence-electron chi connectivity index (χ4n) is 2.19. The number of hydrogen-bond acceptors (Lipinski definition) is 4. The molecule has 2 aromatic rings. The van der Waals surface area contributed by atoms with Crippen molar-refractivity contribution in [1.82, 2.24) is 0 Å². The van der Waals surface area contributed by atoms with E-state index in [4.69, 9.17) is 9.47 Å². The Hall–Kier alpha value is -2.49. The van der Waals surface area contributed by atoms with E-state index in [-0.39, 0.29) is 22.5 Å². The summed E-state index contributed by atoms with van der Waals surface area (Å²) in [7, 11) is 1.42. The number of phenols is 1. The molecule has 22 heavy (non-hydrogen) atoms. The zero-order valence-corrected chi connectivity index (χ0v) is 13.2. The Morgan fingerprint density at radius 2 is 1.68 bits per heavy atom. The van der Waals surface area contributed by atoms with Crippen LogP contribution in [0.3, 0.4) is 0 Å². The van der Waals surface area contributed by atoms with Crippen LogP contribution in [0, 0.1) is 0 Å². The van der Waals surface area contributed by atoms with Crippen LogP contribution < -0.4 is 9.47 Å².